The number of aromatic nitrogens is 6. The van der Waals surface area contributed by atoms with Crippen molar-refractivity contribution in [3.05, 3.63) is 180 Å². The minimum atomic E-state index is -0.0179. The van der Waals surface area contributed by atoms with Gasteiger partial charge in [-0.1, -0.05) is 68.4 Å². The number of hydrogen-bond acceptors (Lipinski definition) is 9. The first-order valence-corrected chi connectivity index (χ1v) is 18.3. The van der Waals surface area contributed by atoms with Gasteiger partial charge in [0, 0.05) is 100 Å². The molecule has 9 aromatic rings. The number of benzene rings is 3. The van der Waals surface area contributed by atoms with Crippen LogP contribution in [0.5, 0.6) is 0 Å². The Morgan fingerprint density at radius 1 is 0.464 bits per heavy atom. The van der Waals surface area contributed by atoms with Crippen molar-refractivity contribution in [1.29, 1.82) is 0 Å². The van der Waals surface area contributed by atoms with Gasteiger partial charge in [-0.2, -0.15) is 0 Å². The smallest absolute Gasteiger partial charge is 0.197 e. The highest BCUT2D eigenvalue weighted by Crippen LogP contribution is 2.50. The zero-order valence-electron chi connectivity index (χ0n) is 30.8. The molecule has 0 saturated carbocycles. The molecule has 3 aliphatic carbocycles. The number of pyridine rings is 6. The molecule has 0 fully saturated rings. The highest BCUT2D eigenvalue weighted by Gasteiger charge is 2.37. The van der Waals surface area contributed by atoms with Crippen molar-refractivity contribution in [2.45, 2.75) is 25.7 Å². The van der Waals surface area contributed by atoms with Crippen molar-refractivity contribution in [3.8, 4) is 33.4 Å². The zero-order chi connectivity index (χ0) is 38.4. The molecule has 4 N–H and O–H groups in total. The highest BCUT2D eigenvalue weighted by atomic mass is 16.1. The molecule has 0 bridgehead atoms. The van der Waals surface area contributed by atoms with Crippen LogP contribution in [0.15, 0.2) is 147 Å². The minimum absolute atomic E-state index is 0.0179. The van der Waals surface area contributed by atoms with Crippen LogP contribution in [-0.2, 0) is 11.8 Å². The number of fused-ring (bicyclic) bond motifs is 15. The van der Waals surface area contributed by atoms with Gasteiger partial charge in [0.05, 0.1) is 16.6 Å². The Labute approximate surface area is 323 Å². The molecular weight excluding hydrogens is 693 g/mol. The number of hydrazine groups is 1. The number of ketones is 1. The van der Waals surface area contributed by atoms with E-state index in [1.807, 2.05) is 79.6 Å². The fraction of sp³-hybridized carbons (Fsp3) is 0.0851. The van der Waals surface area contributed by atoms with Gasteiger partial charge in [-0.05, 0) is 86.5 Å². The van der Waals surface area contributed by atoms with E-state index in [9.17, 15) is 4.79 Å². The van der Waals surface area contributed by atoms with Gasteiger partial charge in [-0.15, -0.1) is 0 Å². The summed E-state index contributed by atoms with van der Waals surface area (Å²) in [6.07, 6.45) is 17.7. The van der Waals surface area contributed by atoms with E-state index in [4.69, 9.17) is 0 Å². The van der Waals surface area contributed by atoms with Gasteiger partial charge < -0.3 is 0 Å². The molecular formula is C47H36N8O. The predicted molar refractivity (Wildman–Crippen MR) is 222 cm³/mol. The standard InChI is InChI=1S/C17H14N2.C15H8N2O.C15H10N2.H4N2/c1-17(2)13-9-18-8-7-11(13)16-12-5-3-4-6-15(12)19-10-14(16)17;18-15-11-7-16-6-5-9(11)14-10-3-1-2-4-13(10)17-8-12(14)15;1-2-4-14-13(3-1)15-11(9-17-14)7-10-8-16-6-5-12(10)15;1-2/h3-10H,1-2H3;1-8H;1-6,8-9H,7H2;1-2H2. The molecule has 9 heteroatoms. The number of hydrogen-bond donors (Lipinski definition) is 2. The second-order valence-corrected chi connectivity index (χ2v) is 14.3. The number of carbonyl (C=O) groups is 1. The summed E-state index contributed by atoms with van der Waals surface area (Å²) in [5, 5.41) is 3.50. The number of rotatable bonds is 0. The molecule has 12 rings (SSSR count). The molecule has 56 heavy (non-hydrogen) atoms. The van der Waals surface area contributed by atoms with Crippen LogP contribution in [0, 0.1) is 0 Å². The van der Waals surface area contributed by atoms with Crippen molar-refractivity contribution < 1.29 is 4.79 Å². The topological polar surface area (TPSA) is 146 Å². The lowest BCUT2D eigenvalue weighted by Gasteiger charge is -2.20. The van der Waals surface area contributed by atoms with Gasteiger partial charge in [-0.25, -0.2) is 0 Å². The van der Waals surface area contributed by atoms with Crippen LogP contribution >= 0.6 is 0 Å². The van der Waals surface area contributed by atoms with Crippen molar-refractivity contribution in [2.75, 3.05) is 0 Å². The van der Waals surface area contributed by atoms with Crippen molar-refractivity contribution in [2.24, 2.45) is 11.7 Å². The third kappa shape index (κ3) is 5.52. The van der Waals surface area contributed by atoms with Gasteiger partial charge in [0.25, 0.3) is 0 Å². The van der Waals surface area contributed by atoms with E-state index in [2.05, 4.69) is 104 Å². The molecule has 0 unspecified atom stereocenters. The molecule has 0 aliphatic heterocycles. The Morgan fingerprint density at radius 3 is 1.70 bits per heavy atom. The zero-order valence-corrected chi connectivity index (χ0v) is 30.8. The number of nitrogens with two attached hydrogens (primary N) is 2. The Morgan fingerprint density at radius 2 is 1.00 bits per heavy atom. The second kappa shape index (κ2) is 14.0. The van der Waals surface area contributed by atoms with Crippen LogP contribution in [0.4, 0.5) is 0 Å². The molecule has 0 amide bonds. The third-order valence-electron chi connectivity index (χ3n) is 11.0. The summed E-state index contributed by atoms with van der Waals surface area (Å²) in [4.78, 5) is 38.2. The van der Waals surface area contributed by atoms with E-state index in [0.29, 0.717) is 11.1 Å². The summed E-state index contributed by atoms with van der Waals surface area (Å²) in [5.41, 5.74) is 16.8. The van der Waals surface area contributed by atoms with E-state index in [1.165, 1.54) is 55.3 Å². The Kier molecular flexibility index (Phi) is 8.65. The van der Waals surface area contributed by atoms with Gasteiger partial charge in [0.1, 0.15) is 0 Å². The molecule has 0 atom stereocenters. The van der Waals surface area contributed by atoms with Crippen LogP contribution in [0.3, 0.4) is 0 Å². The van der Waals surface area contributed by atoms with Gasteiger partial charge in [0.15, 0.2) is 5.78 Å². The lowest BCUT2D eigenvalue weighted by molar-refractivity contribution is 0.104. The SMILES string of the molecule is CC1(C)c2cnccc2-c2c1cnc1ccccc21.NN.O=C1c2cnccc2-c2c1cnc1ccccc21.c1ccc2c3c(cnc2c1)Cc1cnccc1-3. The number of nitrogens with zero attached hydrogens (tertiary/aromatic N) is 6. The summed E-state index contributed by atoms with van der Waals surface area (Å²) in [6, 6.07) is 30.7. The van der Waals surface area contributed by atoms with Gasteiger partial charge >= 0.3 is 0 Å². The number of para-hydroxylation sites is 3. The van der Waals surface area contributed by atoms with Gasteiger partial charge in [-0.3, -0.25) is 46.4 Å². The van der Waals surface area contributed by atoms with Crippen molar-refractivity contribution >= 4 is 38.5 Å². The molecule has 6 heterocycles. The van der Waals surface area contributed by atoms with E-state index in [0.717, 1.165) is 39.5 Å². The maximum atomic E-state index is 12.3. The summed E-state index contributed by atoms with van der Waals surface area (Å²) >= 11 is 0. The average molecular weight is 729 g/mol. The van der Waals surface area contributed by atoms with Crippen LogP contribution in [-0.4, -0.2) is 35.7 Å². The molecule has 0 radical (unpaired) electrons. The highest BCUT2D eigenvalue weighted by molar-refractivity contribution is 6.25. The first kappa shape index (κ1) is 34.7. The second-order valence-electron chi connectivity index (χ2n) is 14.3. The normalized spacial score (nSPS) is 13.1. The molecule has 3 aromatic carbocycles. The lowest BCUT2D eigenvalue weighted by atomic mass is 9.84. The number of carbonyl (C=O) groups excluding carboxylic acids is 1. The Hall–Kier alpha value is -7.07. The molecule has 9 nitrogen and oxygen atoms in total. The molecule has 0 spiro atoms. The molecule has 3 aliphatic rings. The van der Waals surface area contributed by atoms with Crippen molar-refractivity contribution in [1.82, 2.24) is 29.9 Å². The molecule has 6 aromatic heterocycles. The Balaban J connectivity index is 0.000000107. The van der Waals surface area contributed by atoms with Crippen LogP contribution in [0.1, 0.15) is 52.0 Å². The van der Waals surface area contributed by atoms with E-state index in [1.54, 1.807) is 18.6 Å². The first-order chi connectivity index (χ1) is 27.5. The summed E-state index contributed by atoms with van der Waals surface area (Å²) in [7, 11) is 0. The molecule has 0 saturated heterocycles. The molecule has 270 valence electrons. The summed E-state index contributed by atoms with van der Waals surface area (Å²) < 4.78 is 0. The fourth-order valence-electron chi connectivity index (χ4n) is 8.35. The largest absolute Gasteiger partial charge is 0.288 e. The Bertz CT molecular complexity index is 2990. The summed E-state index contributed by atoms with van der Waals surface area (Å²) in [5.74, 6) is 8.02. The first-order valence-electron chi connectivity index (χ1n) is 18.3. The average Bonchev–Trinajstić information content (AvgIpc) is 3.87. The summed E-state index contributed by atoms with van der Waals surface area (Å²) in [6.45, 7) is 4.49. The maximum absolute atomic E-state index is 12.3. The predicted octanol–water partition coefficient (Wildman–Crippen LogP) is 8.80. The quantitative estimate of drug-likeness (QED) is 0.116. The third-order valence-corrected chi connectivity index (χ3v) is 11.0. The maximum Gasteiger partial charge on any atom is 0.197 e. The van der Waals surface area contributed by atoms with Gasteiger partial charge in [0.2, 0.25) is 0 Å². The van der Waals surface area contributed by atoms with Crippen LogP contribution < -0.4 is 11.7 Å². The van der Waals surface area contributed by atoms with Crippen LogP contribution in [0.2, 0.25) is 0 Å². The lowest BCUT2D eigenvalue weighted by Crippen LogP contribution is -2.15. The fourth-order valence-corrected chi connectivity index (χ4v) is 8.35. The van der Waals surface area contributed by atoms with Crippen LogP contribution in [0.25, 0.3) is 66.1 Å². The minimum Gasteiger partial charge on any atom is -0.288 e. The van der Waals surface area contributed by atoms with E-state index >= 15 is 0 Å². The monoisotopic (exact) mass is 728 g/mol. The van der Waals surface area contributed by atoms with E-state index < -0.39 is 0 Å². The van der Waals surface area contributed by atoms with Crippen molar-refractivity contribution in [3.63, 3.8) is 0 Å². The van der Waals surface area contributed by atoms with E-state index in [-0.39, 0.29) is 11.2 Å².